The molecule has 3 nitrogen and oxygen atoms in total. The van der Waals surface area contributed by atoms with Gasteiger partial charge in [-0.3, -0.25) is 0 Å². The van der Waals surface area contributed by atoms with Gasteiger partial charge >= 0.3 is 0 Å². The summed E-state index contributed by atoms with van der Waals surface area (Å²) in [6.07, 6.45) is 13.0. The molecular weight excluding hydrogens is 288 g/mol. The summed E-state index contributed by atoms with van der Waals surface area (Å²) in [4.78, 5) is 0. The second-order valence-corrected chi connectivity index (χ2v) is 7.52. The maximum Gasteiger partial charge on any atom is 0.157 e. The largest absolute Gasteiger partial charge is 0.367 e. The summed E-state index contributed by atoms with van der Waals surface area (Å²) in [6, 6.07) is 0. The minimum Gasteiger partial charge on any atom is -0.367 e. The number of allylic oxidation sites excluding steroid dienone is 3. The number of hydrogen-bond acceptors (Lipinski definition) is 3. The standard InChI is InChI=1S/C20H34O3/c1-16(11-12-18-20(3,4)23-18)8-7-9-17(2)13-15-22-19-10-5-6-14-21-19/h8,13,18-19H,5-7,9-12,14-15H2,1-4H3/b16-8+,17-13+/t18-,19?/m0/s1. The van der Waals surface area contributed by atoms with Gasteiger partial charge in [-0.15, -0.1) is 0 Å². The Bertz CT molecular complexity index is 417. The van der Waals surface area contributed by atoms with Gasteiger partial charge in [-0.1, -0.05) is 23.3 Å². The highest BCUT2D eigenvalue weighted by molar-refractivity contribution is 5.05. The van der Waals surface area contributed by atoms with E-state index in [0.29, 0.717) is 12.7 Å². The molecule has 0 aromatic heterocycles. The van der Waals surface area contributed by atoms with Gasteiger partial charge < -0.3 is 14.2 Å². The second-order valence-electron chi connectivity index (χ2n) is 7.52. The van der Waals surface area contributed by atoms with Crippen molar-refractivity contribution in [2.45, 2.75) is 90.6 Å². The highest BCUT2D eigenvalue weighted by atomic mass is 16.7. The molecule has 2 heterocycles. The Labute approximate surface area is 142 Å². The van der Waals surface area contributed by atoms with Crippen LogP contribution in [-0.2, 0) is 14.2 Å². The maximum atomic E-state index is 5.74. The fourth-order valence-electron chi connectivity index (χ4n) is 2.99. The summed E-state index contributed by atoms with van der Waals surface area (Å²) in [7, 11) is 0. The Kier molecular flexibility index (Phi) is 7.32. The van der Waals surface area contributed by atoms with Crippen molar-refractivity contribution in [3.8, 4) is 0 Å². The number of hydrogen-bond donors (Lipinski definition) is 0. The molecule has 0 radical (unpaired) electrons. The van der Waals surface area contributed by atoms with Crippen LogP contribution in [0.2, 0.25) is 0 Å². The Morgan fingerprint density at radius 1 is 1.13 bits per heavy atom. The van der Waals surface area contributed by atoms with E-state index in [-0.39, 0.29) is 11.9 Å². The van der Waals surface area contributed by atoms with E-state index < -0.39 is 0 Å². The first-order chi connectivity index (χ1) is 11.0. The Morgan fingerprint density at radius 2 is 1.87 bits per heavy atom. The van der Waals surface area contributed by atoms with Crippen molar-refractivity contribution in [1.29, 1.82) is 0 Å². The van der Waals surface area contributed by atoms with Crippen LogP contribution in [0.5, 0.6) is 0 Å². The lowest BCUT2D eigenvalue weighted by Gasteiger charge is -2.22. The van der Waals surface area contributed by atoms with E-state index in [4.69, 9.17) is 14.2 Å². The molecule has 2 aliphatic heterocycles. The molecule has 0 amide bonds. The van der Waals surface area contributed by atoms with Crippen LogP contribution in [0, 0.1) is 0 Å². The van der Waals surface area contributed by atoms with E-state index in [1.807, 2.05) is 0 Å². The molecule has 2 saturated heterocycles. The van der Waals surface area contributed by atoms with Crippen molar-refractivity contribution < 1.29 is 14.2 Å². The number of ether oxygens (including phenoxy) is 3. The minimum absolute atomic E-state index is 0.0174. The number of rotatable bonds is 9. The van der Waals surface area contributed by atoms with Crippen LogP contribution in [0.15, 0.2) is 23.3 Å². The van der Waals surface area contributed by atoms with Crippen molar-refractivity contribution in [2.75, 3.05) is 13.2 Å². The highest BCUT2D eigenvalue weighted by Gasteiger charge is 2.46. The van der Waals surface area contributed by atoms with Gasteiger partial charge in [0.2, 0.25) is 0 Å². The van der Waals surface area contributed by atoms with E-state index in [1.165, 1.54) is 24.0 Å². The molecule has 0 spiro atoms. The molecule has 1 unspecified atom stereocenters. The van der Waals surface area contributed by atoms with Crippen LogP contribution in [0.1, 0.15) is 72.6 Å². The lowest BCUT2D eigenvalue weighted by atomic mass is 10.0. The zero-order valence-electron chi connectivity index (χ0n) is 15.4. The molecule has 2 atom stereocenters. The van der Waals surface area contributed by atoms with Gasteiger partial charge in [0, 0.05) is 6.61 Å². The van der Waals surface area contributed by atoms with Crippen LogP contribution in [-0.4, -0.2) is 31.2 Å². The van der Waals surface area contributed by atoms with Crippen molar-refractivity contribution in [3.05, 3.63) is 23.3 Å². The molecule has 0 bridgehead atoms. The van der Waals surface area contributed by atoms with Gasteiger partial charge in [0.15, 0.2) is 6.29 Å². The lowest BCUT2D eigenvalue weighted by molar-refractivity contribution is -0.155. The molecule has 0 aromatic carbocycles. The van der Waals surface area contributed by atoms with Gasteiger partial charge in [-0.05, 0) is 72.6 Å². The molecule has 0 N–H and O–H groups in total. The minimum atomic E-state index is 0.0174. The Hall–Kier alpha value is -0.640. The molecular formula is C20H34O3. The summed E-state index contributed by atoms with van der Waals surface area (Å²) >= 11 is 0. The van der Waals surface area contributed by atoms with E-state index in [9.17, 15) is 0 Å². The Morgan fingerprint density at radius 3 is 2.52 bits per heavy atom. The van der Waals surface area contributed by atoms with Crippen LogP contribution in [0.3, 0.4) is 0 Å². The van der Waals surface area contributed by atoms with E-state index >= 15 is 0 Å². The summed E-state index contributed by atoms with van der Waals surface area (Å²) in [5, 5.41) is 0. The van der Waals surface area contributed by atoms with E-state index in [0.717, 1.165) is 38.7 Å². The monoisotopic (exact) mass is 322 g/mol. The predicted molar refractivity (Wildman–Crippen MR) is 94.5 cm³/mol. The normalized spacial score (nSPS) is 28.0. The highest BCUT2D eigenvalue weighted by Crippen LogP contribution is 2.38. The van der Waals surface area contributed by atoms with Crippen molar-refractivity contribution in [1.82, 2.24) is 0 Å². The molecule has 2 rings (SSSR count). The van der Waals surface area contributed by atoms with Crippen LogP contribution in [0.25, 0.3) is 0 Å². The summed E-state index contributed by atoms with van der Waals surface area (Å²) in [5.41, 5.74) is 3.01. The van der Waals surface area contributed by atoms with Crippen LogP contribution in [0.4, 0.5) is 0 Å². The summed E-state index contributed by atoms with van der Waals surface area (Å²) in [6.45, 7) is 10.3. The molecule has 0 aliphatic carbocycles. The topological polar surface area (TPSA) is 31.0 Å². The molecule has 23 heavy (non-hydrogen) atoms. The molecule has 132 valence electrons. The first kappa shape index (κ1) is 18.7. The van der Waals surface area contributed by atoms with E-state index in [2.05, 4.69) is 39.8 Å². The van der Waals surface area contributed by atoms with Crippen LogP contribution >= 0.6 is 0 Å². The van der Waals surface area contributed by atoms with Gasteiger partial charge in [0.1, 0.15) is 0 Å². The van der Waals surface area contributed by atoms with Gasteiger partial charge in [0.05, 0.1) is 18.3 Å². The van der Waals surface area contributed by atoms with Crippen molar-refractivity contribution >= 4 is 0 Å². The summed E-state index contributed by atoms with van der Waals surface area (Å²) in [5.74, 6) is 0. The van der Waals surface area contributed by atoms with Gasteiger partial charge in [-0.2, -0.15) is 0 Å². The second kappa shape index (κ2) is 9.00. The number of epoxide rings is 1. The van der Waals surface area contributed by atoms with Crippen molar-refractivity contribution in [2.24, 2.45) is 0 Å². The zero-order chi connectivity index (χ0) is 16.7. The predicted octanol–water partition coefficient (Wildman–Crippen LogP) is 5.16. The Balaban J connectivity index is 1.54. The third-order valence-corrected chi connectivity index (χ3v) is 4.85. The first-order valence-electron chi connectivity index (χ1n) is 9.19. The third kappa shape index (κ3) is 7.19. The first-order valence-corrected chi connectivity index (χ1v) is 9.19. The summed E-state index contributed by atoms with van der Waals surface area (Å²) < 4.78 is 16.9. The molecule has 3 heteroatoms. The molecule has 0 aromatic rings. The average Bonchev–Trinajstić information content (AvgIpc) is 3.13. The van der Waals surface area contributed by atoms with Gasteiger partial charge in [0.25, 0.3) is 0 Å². The molecule has 0 saturated carbocycles. The van der Waals surface area contributed by atoms with E-state index in [1.54, 1.807) is 0 Å². The molecule has 2 fully saturated rings. The SMILES string of the molecule is C/C(=C\COC1CCCCO1)CC/C=C(\C)CC[C@@H]1OC1(C)C. The lowest BCUT2D eigenvalue weighted by Crippen LogP contribution is -2.22. The molecule has 2 aliphatic rings. The maximum absolute atomic E-state index is 5.74. The smallest absolute Gasteiger partial charge is 0.157 e. The van der Waals surface area contributed by atoms with Crippen molar-refractivity contribution in [3.63, 3.8) is 0 Å². The fourth-order valence-corrected chi connectivity index (χ4v) is 2.99. The quantitative estimate of drug-likeness (QED) is 0.434. The van der Waals surface area contributed by atoms with Crippen LogP contribution < -0.4 is 0 Å². The van der Waals surface area contributed by atoms with Gasteiger partial charge in [-0.25, -0.2) is 0 Å². The fraction of sp³-hybridized carbons (Fsp3) is 0.800. The average molecular weight is 322 g/mol. The third-order valence-electron chi connectivity index (χ3n) is 4.85. The zero-order valence-corrected chi connectivity index (χ0v) is 15.4.